The van der Waals surface area contributed by atoms with E-state index in [4.69, 9.17) is 4.74 Å². The van der Waals surface area contributed by atoms with Crippen molar-refractivity contribution >= 4 is 17.8 Å². The summed E-state index contributed by atoms with van der Waals surface area (Å²) >= 11 is 0. The smallest absolute Gasteiger partial charge is 0.311 e. The Hall–Kier alpha value is -1.59. The van der Waals surface area contributed by atoms with Crippen LogP contribution in [0.1, 0.15) is 90.4 Å². The molecule has 1 N–H and O–H groups in total. The number of amides is 2. The molecule has 0 aromatic heterocycles. The Morgan fingerprint density at radius 1 is 0.821 bits per heavy atom. The quantitative estimate of drug-likeness (QED) is 0.586. The number of nitrogens with zero attached hydrogens (tertiary/aromatic N) is 1. The first kappa shape index (κ1) is 22.7. The second-order valence-electron chi connectivity index (χ2n) is 8.25. The van der Waals surface area contributed by atoms with Gasteiger partial charge in [-0.25, -0.2) is 0 Å². The van der Waals surface area contributed by atoms with E-state index < -0.39 is 11.8 Å². The number of hydrogen-bond donors (Lipinski definition) is 1. The molecule has 6 nitrogen and oxygen atoms in total. The van der Waals surface area contributed by atoms with Crippen molar-refractivity contribution in [2.75, 3.05) is 19.7 Å². The second-order valence-corrected chi connectivity index (χ2v) is 8.25. The maximum atomic E-state index is 12.5. The third kappa shape index (κ3) is 7.80. The van der Waals surface area contributed by atoms with Gasteiger partial charge in [-0.2, -0.15) is 0 Å². The van der Waals surface area contributed by atoms with Crippen LogP contribution in [0.15, 0.2) is 0 Å². The van der Waals surface area contributed by atoms with Gasteiger partial charge in [-0.05, 0) is 32.6 Å². The summed E-state index contributed by atoms with van der Waals surface area (Å²) in [5.74, 6) is -1.27. The summed E-state index contributed by atoms with van der Waals surface area (Å²) in [6.07, 6.45) is 14.2. The summed E-state index contributed by atoms with van der Waals surface area (Å²) in [5.41, 5.74) is 0. The topological polar surface area (TPSA) is 75.7 Å². The van der Waals surface area contributed by atoms with E-state index in [2.05, 4.69) is 5.32 Å². The van der Waals surface area contributed by atoms with Crippen molar-refractivity contribution in [3.63, 3.8) is 0 Å². The summed E-state index contributed by atoms with van der Waals surface area (Å²) in [6.45, 7) is 3.06. The molecule has 1 saturated heterocycles. The Morgan fingerprint density at radius 3 is 1.82 bits per heavy atom. The van der Waals surface area contributed by atoms with Crippen LogP contribution in [0, 0.1) is 5.92 Å². The fraction of sp³-hybridized carbons (Fsp3) is 0.864. The van der Waals surface area contributed by atoms with Crippen LogP contribution in [-0.4, -0.2) is 48.4 Å². The van der Waals surface area contributed by atoms with Gasteiger partial charge in [0.05, 0.1) is 12.5 Å². The fourth-order valence-corrected chi connectivity index (χ4v) is 4.28. The lowest BCUT2D eigenvalue weighted by Gasteiger charge is -2.31. The molecule has 160 valence electrons. The molecule has 0 atom stereocenters. The molecule has 0 unspecified atom stereocenters. The molecule has 0 spiro atoms. The highest BCUT2D eigenvalue weighted by atomic mass is 16.5. The highest BCUT2D eigenvalue weighted by Gasteiger charge is 2.31. The Labute approximate surface area is 169 Å². The largest absolute Gasteiger partial charge is 0.466 e. The van der Waals surface area contributed by atoms with Gasteiger partial charge in [0.1, 0.15) is 0 Å². The van der Waals surface area contributed by atoms with Crippen molar-refractivity contribution in [1.29, 1.82) is 0 Å². The zero-order valence-electron chi connectivity index (χ0n) is 17.5. The minimum atomic E-state index is -0.480. The zero-order valence-corrected chi connectivity index (χ0v) is 17.5. The van der Waals surface area contributed by atoms with E-state index in [1.807, 2.05) is 0 Å². The van der Waals surface area contributed by atoms with Gasteiger partial charge in [-0.15, -0.1) is 0 Å². The predicted octanol–water partition coefficient (Wildman–Crippen LogP) is 3.58. The van der Waals surface area contributed by atoms with Crippen LogP contribution in [0.4, 0.5) is 0 Å². The van der Waals surface area contributed by atoms with Crippen LogP contribution in [0.2, 0.25) is 0 Å². The number of carbonyl (C=O) groups excluding carboxylic acids is 3. The van der Waals surface area contributed by atoms with E-state index in [9.17, 15) is 14.4 Å². The van der Waals surface area contributed by atoms with Crippen LogP contribution in [-0.2, 0) is 19.1 Å². The number of piperidine rings is 1. The molecule has 0 bridgehead atoms. The SMILES string of the molecule is CCOC(=O)C1CCN(C(=O)C(=O)NC2CCCCCCCCCCC2)CC1. The minimum absolute atomic E-state index is 0.105. The molecule has 0 aromatic rings. The van der Waals surface area contributed by atoms with Crippen molar-refractivity contribution in [3.05, 3.63) is 0 Å². The molecule has 1 saturated carbocycles. The Kier molecular flexibility index (Phi) is 10.4. The molecule has 28 heavy (non-hydrogen) atoms. The highest BCUT2D eigenvalue weighted by molar-refractivity contribution is 6.35. The van der Waals surface area contributed by atoms with Crippen LogP contribution in [0.3, 0.4) is 0 Å². The first-order chi connectivity index (χ1) is 13.6. The molecule has 6 heteroatoms. The third-order valence-electron chi connectivity index (χ3n) is 6.04. The molecule has 1 aliphatic heterocycles. The number of hydrogen-bond acceptors (Lipinski definition) is 4. The van der Waals surface area contributed by atoms with Crippen LogP contribution < -0.4 is 5.32 Å². The summed E-state index contributed by atoms with van der Waals surface area (Å²) in [7, 11) is 0. The Bertz CT molecular complexity index is 489. The lowest BCUT2D eigenvalue weighted by atomic mass is 9.96. The Morgan fingerprint density at radius 2 is 1.32 bits per heavy atom. The third-order valence-corrected chi connectivity index (χ3v) is 6.04. The first-order valence-electron chi connectivity index (χ1n) is 11.4. The molecular weight excluding hydrogens is 356 g/mol. The highest BCUT2D eigenvalue weighted by Crippen LogP contribution is 2.20. The van der Waals surface area contributed by atoms with E-state index in [1.54, 1.807) is 11.8 Å². The molecule has 2 aliphatic rings. The van der Waals surface area contributed by atoms with E-state index in [0.29, 0.717) is 32.5 Å². The van der Waals surface area contributed by atoms with E-state index in [0.717, 1.165) is 25.7 Å². The average molecular weight is 395 g/mol. The van der Waals surface area contributed by atoms with Crippen molar-refractivity contribution in [2.24, 2.45) is 5.92 Å². The van der Waals surface area contributed by atoms with E-state index >= 15 is 0 Å². The first-order valence-corrected chi connectivity index (χ1v) is 11.4. The van der Waals surface area contributed by atoms with Gasteiger partial charge < -0.3 is 15.0 Å². The minimum Gasteiger partial charge on any atom is -0.466 e. The predicted molar refractivity (Wildman–Crippen MR) is 109 cm³/mol. The lowest BCUT2D eigenvalue weighted by Crippen LogP contribution is -2.49. The molecule has 0 radical (unpaired) electrons. The molecule has 2 fully saturated rings. The zero-order chi connectivity index (χ0) is 20.2. The Balaban J connectivity index is 1.78. The number of esters is 1. The fourth-order valence-electron chi connectivity index (χ4n) is 4.28. The maximum absolute atomic E-state index is 12.5. The van der Waals surface area contributed by atoms with Crippen LogP contribution >= 0.6 is 0 Å². The molecule has 1 aliphatic carbocycles. The average Bonchev–Trinajstić information content (AvgIpc) is 2.69. The van der Waals surface area contributed by atoms with Crippen molar-refractivity contribution in [3.8, 4) is 0 Å². The summed E-state index contributed by atoms with van der Waals surface area (Å²) in [4.78, 5) is 38.5. The number of nitrogens with one attached hydrogen (secondary N) is 1. The second kappa shape index (κ2) is 12.8. The monoisotopic (exact) mass is 394 g/mol. The summed E-state index contributed by atoms with van der Waals surface area (Å²) in [5, 5.41) is 3.00. The summed E-state index contributed by atoms with van der Waals surface area (Å²) < 4.78 is 5.06. The molecule has 2 rings (SSSR count). The van der Waals surface area contributed by atoms with E-state index in [1.165, 1.54) is 44.9 Å². The number of carbonyl (C=O) groups is 3. The number of rotatable bonds is 3. The number of likely N-dealkylation sites (tertiary alicyclic amines) is 1. The van der Waals surface area contributed by atoms with Gasteiger partial charge in [0, 0.05) is 19.1 Å². The van der Waals surface area contributed by atoms with Gasteiger partial charge in [-0.3, -0.25) is 14.4 Å². The maximum Gasteiger partial charge on any atom is 0.311 e. The molecule has 0 aromatic carbocycles. The van der Waals surface area contributed by atoms with Crippen molar-refractivity contribution in [2.45, 2.75) is 96.4 Å². The van der Waals surface area contributed by atoms with Gasteiger partial charge >= 0.3 is 17.8 Å². The summed E-state index contributed by atoms with van der Waals surface area (Å²) in [6, 6.07) is 0.105. The van der Waals surface area contributed by atoms with Crippen molar-refractivity contribution < 1.29 is 19.1 Å². The van der Waals surface area contributed by atoms with Gasteiger partial charge in [0.2, 0.25) is 0 Å². The molecule has 1 heterocycles. The van der Waals surface area contributed by atoms with Gasteiger partial charge in [0.25, 0.3) is 0 Å². The normalized spacial score (nSPS) is 21.2. The van der Waals surface area contributed by atoms with Gasteiger partial charge in [-0.1, -0.05) is 57.8 Å². The molecular formula is C22H38N2O4. The van der Waals surface area contributed by atoms with Crippen molar-refractivity contribution in [1.82, 2.24) is 10.2 Å². The standard InChI is InChI=1S/C22H38N2O4/c1-2-28-22(27)18-14-16-24(17-15-18)21(26)20(25)23-19-12-10-8-6-4-3-5-7-9-11-13-19/h18-19H,2-17H2,1H3,(H,23,25). The van der Waals surface area contributed by atoms with Crippen LogP contribution in [0.5, 0.6) is 0 Å². The number of ether oxygens (including phenoxy) is 1. The van der Waals surface area contributed by atoms with E-state index in [-0.39, 0.29) is 17.9 Å². The lowest BCUT2D eigenvalue weighted by molar-refractivity contribution is -0.152. The van der Waals surface area contributed by atoms with Gasteiger partial charge in [0.15, 0.2) is 0 Å². The van der Waals surface area contributed by atoms with Crippen LogP contribution in [0.25, 0.3) is 0 Å². The molecule has 2 amide bonds.